The molecule has 6 rings (SSSR count). The van der Waals surface area contributed by atoms with Crippen molar-refractivity contribution in [3.8, 4) is 11.4 Å². The van der Waals surface area contributed by atoms with Gasteiger partial charge in [0.05, 0.1) is 16.3 Å². The number of nitrogens with one attached hydrogen (secondary N) is 1. The summed E-state index contributed by atoms with van der Waals surface area (Å²) in [7, 11) is 1.94. The third-order valence-electron chi connectivity index (χ3n) is 7.93. The van der Waals surface area contributed by atoms with Crippen LogP contribution in [0.4, 0.5) is 17.1 Å². The average Bonchev–Trinajstić information content (AvgIpc) is 3.72. The second-order valence-corrected chi connectivity index (χ2v) is 10.7. The van der Waals surface area contributed by atoms with E-state index in [4.69, 9.17) is 4.99 Å². The maximum Gasteiger partial charge on any atom is 0.269 e. The second-order valence-electron chi connectivity index (χ2n) is 10.7. The second kappa shape index (κ2) is 11.5. The highest BCUT2D eigenvalue weighted by Gasteiger charge is 2.36. The predicted molar refractivity (Wildman–Crippen MR) is 160 cm³/mol. The molecule has 3 heterocycles. The van der Waals surface area contributed by atoms with E-state index in [1.54, 1.807) is 12.3 Å². The number of aliphatic imine (C=N–C) groups is 1. The van der Waals surface area contributed by atoms with Crippen LogP contribution in [0.3, 0.4) is 0 Å². The molecule has 0 bridgehead atoms. The molecule has 0 aliphatic carbocycles. The van der Waals surface area contributed by atoms with E-state index in [9.17, 15) is 14.9 Å². The van der Waals surface area contributed by atoms with Crippen molar-refractivity contribution in [2.75, 3.05) is 25.0 Å². The topological polar surface area (TPSA) is 106 Å². The van der Waals surface area contributed by atoms with Crippen LogP contribution in [0.2, 0.25) is 0 Å². The summed E-state index contributed by atoms with van der Waals surface area (Å²) in [6.07, 6.45) is 8.32. The first kappa shape index (κ1) is 26.6. The summed E-state index contributed by atoms with van der Waals surface area (Å²) in [5, 5.41) is 14.4. The summed E-state index contributed by atoms with van der Waals surface area (Å²) < 4.78 is 1.95. The van der Waals surface area contributed by atoms with Gasteiger partial charge in [-0.15, -0.1) is 0 Å². The molecule has 1 aromatic heterocycles. The van der Waals surface area contributed by atoms with E-state index in [-0.39, 0.29) is 11.6 Å². The molecular formula is C32H32N6O3. The number of carbonyl (C=O) groups excluding carboxylic acids is 1. The highest BCUT2D eigenvalue weighted by Crippen LogP contribution is 2.38. The van der Waals surface area contributed by atoms with Crippen molar-refractivity contribution in [2.45, 2.75) is 31.6 Å². The van der Waals surface area contributed by atoms with Gasteiger partial charge in [-0.05, 0) is 86.8 Å². The molecule has 9 heteroatoms. The third kappa shape index (κ3) is 5.67. The molecule has 208 valence electrons. The van der Waals surface area contributed by atoms with E-state index < -0.39 is 10.8 Å². The van der Waals surface area contributed by atoms with Gasteiger partial charge in [0.1, 0.15) is 11.7 Å². The van der Waals surface area contributed by atoms with Crippen LogP contribution < -0.4 is 5.32 Å². The molecule has 1 atom stereocenters. The van der Waals surface area contributed by atoms with Gasteiger partial charge in [0.25, 0.3) is 5.69 Å². The smallest absolute Gasteiger partial charge is 0.269 e. The monoisotopic (exact) mass is 548 g/mol. The fourth-order valence-corrected chi connectivity index (χ4v) is 5.75. The fourth-order valence-electron chi connectivity index (χ4n) is 5.75. The van der Waals surface area contributed by atoms with Crippen molar-refractivity contribution in [3.05, 3.63) is 106 Å². The van der Waals surface area contributed by atoms with Crippen LogP contribution in [-0.2, 0) is 18.3 Å². The Balaban J connectivity index is 1.33. The minimum Gasteiger partial charge on any atom is -0.334 e. The van der Waals surface area contributed by atoms with Gasteiger partial charge in [-0.3, -0.25) is 19.9 Å². The third-order valence-corrected chi connectivity index (χ3v) is 7.93. The minimum atomic E-state index is -0.778. The van der Waals surface area contributed by atoms with Crippen molar-refractivity contribution in [1.29, 1.82) is 0 Å². The lowest BCUT2D eigenvalue weighted by Crippen LogP contribution is -2.22. The van der Waals surface area contributed by atoms with Gasteiger partial charge in [0, 0.05) is 48.4 Å². The van der Waals surface area contributed by atoms with E-state index in [1.165, 1.54) is 43.6 Å². The van der Waals surface area contributed by atoms with Gasteiger partial charge in [-0.25, -0.2) is 4.98 Å². The van der Waals surface area contributed by atoms with Crippen LogP contribution in [0.5, 0.6) is 0 Å². The SMILES string of the molecule is Cn1ccnc1-c1ccc(N=C(c2ccc(CCCN3CCCC3)cc2)C2C(=O)Nc3ccc([N+](=O)[O-])cc32)cc1. The van der Waals surface area contributed by atoms with Crippen molar-refractivity contribution >= 4 is 28.7 Å². The molecule has 2 aliphatic rings. The van der Waals surface area contributed by atoms with E-state index in [2.05, 4.69) is 27.3 Å². The molecule has 3 aromatic carbocycles. The molecule has 1 saturated heterocycles. The Bertz CT molecular complexity index is 1600. The number of anilines is 1. The molecule has 1 fully saturated rings. The fraction of sp³-hybridized carbons (Fsp3) is 0.281. The Labute approximate surface area is 238 Å². The van der Waals surface area contributed by atoms with Crippen molar-refractivity contribution in [1.82, 2.24) is 14.5 Å². The van der Waals surface area contributed by atoms with Crippen LogP contribution in [-0.4, -0.2) is 50.6 Å². The number of carbonyl (C=O) groups is 1. The normalized spacial score (nSPS) is 17.0. The lowest BCUT2D eigenvalue weighted by molar-refractivity contribution is -0.384. The van der Waals surface area contributed by atoms with Crippen molar-refractivity contribution < 1.29 is 9.72 Å². The molecule has 9 nitrogen and oxygen atoms in total. The van der Waals surface area contributed by atoms with Gasteiger partial charge in [-0.2, -0.15) is 0 Å². The minimum absolute atomic E-state index is 0.0580. The molecular weight excluding hydrogens is 516 g/mol. The number of hydrogen-bond acceptors (Lipinski definition) is 6. The number of non-ortho nitro benzene ring substituents is 1. The summed E-state index contributed by atoms with van der Waals surface area (Å²) in [4.78, 5) is 36.3. The van der Waals surface area contributed by atoms with Gasteiger partial charge in [-0.1, -0.05) is 24.3 Å². The number of nitro groups is 1. The van der Waals surface area contributed by atoms with Gasteiger partial charge in [0.15, 0.2) is 0 Å². The maximum atomic E-state index is 13.3. The van der Waals surface area contributed by atoms with Gasteiger partial charge in [0.2, 0.25) is 5.91 Å². The number of nitrogens with zero attached hydrogens (tertiary/aromatic N) is 5. The van der Waals surface area contributed by atoms with Crippen molar-refractivity contribution in [3.63, 3.8) is 0 Å². The Morgan fingerprint density at radius 3 is 2.51 bits per heavy atom. The molecule has 0 radical (unpaired) electrons. The lowest BCUT2D eigenvalue weighted by Gasteiger charge is -2.16. The maximum absolute atomic E-state index is 13.3. The number of nitro benzene ring substituents is 1. The Kier molecular flexibility index (Phi) is 7.43. The molecule has 0 saturated carbocycles. The Morgan fingerprint density at radius 1 is 1.07 bits per heavy atom. The van der Waals surface area contributed by atoms with E-state index >= 15 is 0 Å². The number of benzene rings is 3. The van der Waals surface area contributed by atoms with Crippen LogP contribution in [0.15, 0.2) is 84.1 Å². The summed E-state index contributed by atoms with van der Waals surface area (Å²) in [5.41, 5.74) is 5.30. The summed E-state index contributed by atoms with van der Waals surface area (Å²) in [6.45, 7) is 3.51. The quantitative estimate of drug-likeness (QED) is 0.160. The molecule has 0 spiro atoms. The zero-order valence-electron chi connectivity index (χ0n) is 23.0. The number of fused-ring (bicyclic) bond motifs is 1. The highest BCUT2D eigenvalue weighted by atomic mass is 16.6. The van der Waals surface area contributed by atoms with E-state index in [1.807, 2.05) is 54.2 Å². The van der Waals surface area contributed by atoms with Crippen LogP contribution >= 0.6 is 0 Å². The largest absolute Gasteiger partial charge is 0.334 e. The summed E-state index contributed by atoms with van der Waals surface area (Å²) in [5.74, 6) is -0.184. The van der Waals surface area contributed by atoms with Gasteiger partial charge >= 0.3 is 0 Å². The Hall–Kier alpha value is -4.63. The molecule has 41 heavy (non-hydrogen) atoms. The van der Waals surface area contributed by atoms with E-state index in [0.717, 1.165) is 36.3 Å². The van der Waals surface area contributed by atoms with Gasteiger partial charge < -0.3 is 14.8 Å². The number of imidazole rings is 1. The molecule has 4 aromatic rings. The standard InChI is InChI=1S/C32H32N6O3/c1-36-20-16-33-31(36)24-10-12-25(13-11-24)34-30(29-27-21-26(38(40)41)14-15-28(27)35-32(29)39)23-8-6-22(7-9-23)5-4-19-37-17-2-3-18-37/h6-16,20-21,29H,2-5,17-19H2,1H3,(H,35,39). The number of rotatable bonds is 9. The zero-order valence-corrected chi connectivity index (χ0v) is 23.0. The molecule has 1 amide bonds. The summed E-state index contributed by atoms with van der Waals surface area (Å²) >= 11 is 0. The number of aromatic nitrogens is 2. The Morgan fingerprint density at radius 2 is 1.83 bits per heavy atom. The first-order valence-corrected chi connectivity index (χ1v) is 14.0. The molecule has 1 unspecified atom stereocenters. The zero-order chi connectivity index (χ0) is 28.3. The first-order chi connectivity index (χ1) is 20.0. The lowest BCUT2D eigenvalue weighted by atomic mass is 9.89. The molecule has 1 N–H and O–H groups in total. The number of amides is 1. The van der Waals surface area contributed by atoms with Crippen LogP contribution in [0.25, 0.3) is 11.4 Å². The predicted octanol–water partition coefficient (Wildman–Crippen LogP) is 5.88. The number of aryl methyl sites for hydroxylation is 2. The highest BCUT2D eigenvalue weighted by molar-refractivity contribution is 6.24. The summed E-state index contributed by atoms with van der Waals surface area (Å²) in [6, 6.07) is 20.4. The average molecular weight is 549 g/mol. The van der Waals surface area contributed by atoms with Crippen LogP contribution in [0, 0.1) is 10.1 Å². The van der Waals surface area contributed by atoms with E-state index in [0.29, 0.717) is 22.6 Å². The molecule has 2 aliphatic heterocycles. The number of likely N-dealkylation sites (tertiary alicyclic amines) is 1. The van der Waals surface area contributed by atoms with Crippen LogP contribution in [0.1, 0.15) is 41.9 Å². The van der Waals surface area contributed by atoms with Crippen molar-refractivity contribution in [2.24, 2.45) is 12.0 Å². The first-order valence-electron chi connectivity index (χ1n) is 14.0. The number of hydrogen-bond donors (Lipinski definition) is 1.